The largest absolute Gasteiger partial charge is 0.394 e. The topological polar surface area (TPSA) is 18.5 Å². The predicted octanol–water partition coefficient (Wildman–Crippen LogP) is 4.10. The fourth-order valence-electron chi connectivity index (χ4n) is 2.60. The van der Waals surface area contributed by atoms with E-state index in [2.05, 4.69) is 34.6 Å². The Morgan fingerprint density at radius 3 is 1.81 bits per heavy atom. The van der Waals surface area contributed by atoms with Crippen LogP contribution < -0.4 is 0 Å². The van der Waals surface area contributed by atoms with Crippen LogP contribution in [0.2, 0.25) is 11.6 Å². The second-order valence-corrected chi connectivity index (χ2v) is 9.41. The lowest BCUT2D eigenvalue weighted by atomic mass is 9.99. The molecule has 0 aliphatic heterocycles. The van der Waals surface area contributed by atoms with Gasteiger partial charge in [-0.2, -0.15) is 0 Å². The molecule has 1 rings (SSSR count). The highest BCUT2D eigenvalue weighted by Crippen LogP contribution is 2.47. The molecule has 1 saturated carbocycles. The standard InChI is InChI=1S/C13H28O2Si/c1-6-14-16(15-7-2,11-13(3,4)5)12-9-8-10-12/h12H,6-11H2,1-5H3. The van der Waals surface area contributed by atoms with Crippen LogP contribution >= 0.6 is 0 Å². The molecule has 0 bridgehead atoms. The summed E-state index contributed by atoms with van der Waals surface area (Å²) in [6.07, 6.45) is 4.01. The van der Waals surface area contributed by atoms with Crippen molar-refractivity contribution in [3.05, 3.63) is 0 Å². The molecule has 0 aromatic rings. The van der Waals surface area contributed by atoms with Crippen molar-refractivity contribution in [1.29, 1.82) is 0 Å². The molecular weight excluding hydrogens is 216 g/mol. The van der Waals surface area contributed by atoms with E-state index in [1.54, 1.807) is 0 Å². The highest BCUT2D eigenvalue weighted by molar-refractivity contribution is 6.69. The van der Waals surface area contributed by atoms with Gasteiger partial charge in [-0.3, -0.25) is 0 Å². The Labute approximate surface area is 102 Å². The van der Waals surface area contributed by atoms with Crippen molar-refractivity contribution < 1.29 is 8.85 Å². The molecule has 0 spiro atoms. The first-order chi connectivity index (χ1) is 7.43. The zero-order chi connectivity index (χ0) is 12.2. The van der Waals surface area contributed by atoms with E-state index < -0.39 is 8.56 Å². The summed E-state index contributed by atoms with van der Waals surface area (Å²) in [6.45, 7) is 12.7. The van der Waals surface area contributed by atoms with Gasteiger partial charge in [-0.1, -0.05) is 27.2 Å². The van der Waals surface area contributed by atoms with Gasteiger partial charge < -0.3 is 8.85 Å². The molecule has 16 heavy (non-hydrogen) atoms. The Kier molecular flexibility index (Phi) is 5.01. The molecule has 0 heterocycles. The molecule has 2 nitrogen and oxygen atoms in total. The van der Waals surface area contributed by atoms with Crippen LogP contribution in [0.1, 0.15) is 53.9 Å². The molecule has 0 saturated heterocycles. The van der Waals surface area contributed by atoms with Gasteiger partial charge in [0.15, 0.2) is 0 Å². The number of rotatable bonds is 6. The van der Waals surface area contributed by atoms with Gasteiger partial charge in [0.25, 0.3) is 0 Å². The molecule has 3 heteroatoms. The minimum Gasteiger partial charge on any atom is -0.394 e. The van der Waals surface area contributed by atoms with E-state index in [4.69, 9.17) is 8.85 Å². The van der Waals surface area contributed by atoms with Crippen LogP contribution in [0.3, 0.4) is 0 Å². The van der Waals surface area contributed by atoms with Crippen molar-refractivity contribution in [2.75, 3.05) is 13.2 Å². The molecule has 0 radical (unpaired) electrons. The van der Waals surface area contributed by atoms with Gasteiger partial charge in [0.05, 0.1) is 0 Å². The quantitative estimate of drug-likeness (QED) is 0.655. The first-order valence-corrected chi connectivity index (χ1v) is 8.81. The lowest BCUT2D eigenvalue weighted by molar-refractivity contribution is 0.147. The zero-order valence-corrected chi connectivity index (χ0v) is 12.6. The maximum Gasteiger partial charge on any atom is 0.341 e. The fourth-order valence-corrected chi connectivity index (χ4v) is 7.39. The molecular formula is C13H28O2Si. The maximum atomic E-state index is 6.17. The molecule has 1 aliphatic rings. The lowest BCUT2D eigenvalue weighted by Gasteiger charge is -2.44. The van der Waals surface area contributed by atoms with Crippen LogP contribution in [0.25, 0.3) is 0 Å². The predicted molar refractivity (Wildman–Crippen MR) is 70.9 cm³/mol. The van der Waals surface area contributed by atoms with Gasteiger partial charge >= 0.3 is 8.56 Å². The summed E-state index contributed by atoms with van der Waals surface area (Å²) in [5.74, 6) is 0. The molecule has 96 valence electrons. The van der Waals surface area contributed by atoms with E-state index in [0.717, 1.165) is 24.8 Å². The Morgan fingerprint density at radius 2 is 1.56 bits per heavy atom. The van der Waals surface area contributed by atoms with E-state index in [0.29, 0.717) is 5.41 Å². The Balaban J connectivity index is 2.77. The highest BCUT2D eigenvalue weighted by Gasteiger charge is 2.50. The third kappa shape index (κ3) is 3.57. The van der Waals surface area contributed by atoms with Gasteiger partial charge in [-0.05, 0) is 38.1 Å². The van der Waals surface area contributed by atoms with E-state index in [1.165, 1.54) is 19.3 Å². The molecule has 0 unspecified atom stereocenters. The average Bonchev–Trinajstić information content (AvgIpc) is 1.97. The van der Waals surface area contributed by atoms with Gasteiger partial charge in [-0.25, -0.2) is 0 Å². The summed E-state index contributed by atoms with van der Waals surface area (Å²) >= 11 is 0. The SMILES string of the molecule is CCO[Si](CC(C)(C)C)(OCC)C1CCC1. The van der Waals surface area contributed by atoms with Crippen LogP contribution in [0, 0.1) is 5.41 Å². The second-order valence-electron chi connectivity index (χ2n) is 6.04. The van der Waals surface area contributed by atoms with Crippen molar-refractivity contribution in [3.8, 4) is 0 Å². The monoisotopic (exact) mass is 244 g/mol. The van der Waals surface area contributed by atoms with Gasteiger partial charge in [0.1, 0.15) is 0 Å². The van der Waals surface area contributed by atoms with Gasteiger partial charge in [-0.15, -0.1) is 0 Å². The minimum atomic E-state index is -1.95. The summed E-state index contributed by atoms with van der Waals surface area (Å²) in [4.78, 5) is 0. The van der Waals surface area contributed by atoms with Crippen molar-refractivity contribution in [2.24, 2.45) is 5.41 Å². The van der Waals surface area contributed by atoms with Gasteiger partial charge in [0.2, 0.25) is 0 Å². The molecule has 0 aromatic carbocycles. The third-order valence-electron chi connectivity index (χ3n) is 3.28. The zero-order valence-electron chi connectivity index (χ0n) is 11.6. The van der Waals surface area contributed by atoms with E-state index in [1.807, 2.05) is 0 Å². The van der Waals surface area contributed by atoms with Crippen LogP contribution in [-0.4, -0.2) is 21.8 Å². The summed E-state index contributed by atoms with van der Waals surface area (Å²) in [5.41, 5.74) is 1.05. The van der Waals surface area contributed by atoms with E-state index >= 15 is 0 Å². The van der Waals surface area contributed by atoms with Crippen molar-refractivity contribution in [1.82, 2.24) is 0 Å². The van der Waals surface area contributed by atoms with Crippen LogP contribution in [0.5, 0.6) is 0 Å². The number of hydrogen-bond acceptors (Lipinski definition) is 2. The van der Waals surface area contributed by atoms with E-state index in [9.17, 15) is 0 Å². The lowest BCUT2D eigenvalue weighted by Crippen LogP contribution is -2.51. The smallest absolute Gasteiger partial charge is 0.341 e. The Bertz CT molecular complexity index is 200. The van der Waals surface area contributed by atoms with E-state index in [-0.39, 0.29) is 0 Å². The van der Waals surface area contributed by atoms with Crippen LogP contribution in [0.4, 0.5) is 0 Å². The summed E-state index contributed by atoms with van der Waals surface area (Å²) < 4.78 is 12.3. The molecule has 0 atom stereocenters. The second kappa shape index (κ2) is 5.65. The summed E-state index contributed by atoms with van der Waals surface area (Å²) in [5, 5.41) is 0. The highest BCUT2D eigenvalue weighted by atomic mass is 28.4. The minimum absolute atomic E-state index is 0.312. The molecule has 0 amide bonds. The van der Waals surface area contributed by atoms with Gasteiger partial charge in [0, 0.05) is 18.8 Å². The molecule has 0 aromatic heterocycles. The number of hydrogen-bond donors (Lipinski definition) is 0. The Morgan fingerprint density at radius 1 is 1.06 bits per heavy atom. The first kappa shape index (κ1) is 14.2. The molecule has 0 N–H and O–H groups in total. The van der Waals surface area contributed by atoms with Crippen LogP contribution in [0.15, 0.2) is 0 Å². The average molecular weight is 244 g/mol. The van der Waals surface area contributed by atoms with Crippen molar-refractivity contribution >= 4 is 8.56 Å². The molecule has 1 fully saturated rings. The summed E-state index contributed by atoms with van der Waals surface area (Å²) in [6, 6.07) is 1.13. The molecule has 1 aliphatic carbocycles. The normalized spacial score (nSPS) is 18.6. The van der Waals surface area contributed by atoms with Crippen molar-refractivity contribution in [3.63, 3.8) is 0 Å². The summed E-state index contributed by atoms with van der Waals surface area (Å²) in [7, 11) is -1.95. The maximum absolute atomic E-state index is 6.17. The van der Waals surface area contributed by atoms with Crippen molar-refractivity contribution in [2.45, 2.75) is 65.5 Å². The Hall–Kier alpha value is 0.137. The van der Waals surface area contributed by atoms with Crippen LogP contribution in [-0.2, 0) is 8.85 Å². The third-order valence-corrected chi connectivity index (χ3v) is 8.21. The first-order valence-electron chi connectivity index (χ1n) is 6.71. The fraction of sp³-hybridized carbons (Fsp3) is 1.00.